The minimum atomic E-state index is 0.0955. The summed E-state index contributed by atoms with van der Waals surface area (Å²) in [5.41, 5.74) is 1.97. The second-order valence-electron chi connectivity index (χ2n) is 6.78. The lowest BCUT2D eigenvalue weighted by molar-refractivity contribution is -0.125. The smallest absolute Gasteiger partial charge is 0.225 e. The van der Waals surface area contributed by atoms with Gasteiger partial charge in [0.2, 0.25) is 11.9 Å². The fourth-order valence-electron chi connectivity index (χ4n) is 2.94. The molecule has 0 bridgehead atoms. The summed E-state index contributed by atoms with van der Waals surface area (Å²) in [6.07, 6.45) is 2.81. The summed E-state index contributed by atoms with van der Waals surface area (Å²) in [4.78, 5) is 23.4. The normalized spacial score (nSPS) is 15.8. The Balaban J connectivity index is 1.72. The molecule has 6 heteroatoms. The van der Waals surface area contributed by atoms with Crippen LogP contribution in [0.5, 0.6) is 0 Å². The van der Waals surface area contributed by atoms with E-state index in [2.05, 4.69) is 20.2 Å². The zero-order valence-corrected chi connectivity index (χ0v) is 15.3. The van der Waals surface area contributed by atoms with Gasteiger partial charge in [-0.15, -0.1) is 0 Å². The molecule has 0 spiro atoms. The van der Waals surface area contributed by atoms with E-state index in [1.165, 1.54) is 0 Å². The lowest BCUT2D eigenvalue weighted by Gasteiger charge is -2.31. The fraction of sp³-hybridized carbons (Fsp3) is 0.722. The monoisotopic (exact) mass is 334 g/mol. The quantitative estimate of drug-likeness (QED) is 0.775. The van der Waals surface area contributed by atoms with E-state index in [1.54, 1.807) is 0 Å². The summed E-state index contributed by atoms with van der Waals surface area (Å²) >= 11 is 0. The van der Waals surface area contributed by atoms with Crippen molar-refractivity contribution in [2.75, 3.05) is 31.1 Å². The van der Waals surface area contributed by atoms with Crippen LogP contribution < -0.4 is 10.2 Å². The predicted octanol–water partition coefficient (Wildman–Crippen LogP) is 2.24. The standard InChI is InChI=1S/C18H30N4O2/c1-13(2)24-11-5-8-19-17(23)16-6-9-22(10-7-16)18-20-14(3)12-15(4)21-18/h12-13,16H,5-11H2,1-4H3,(H,19,23). The largest absolute Gasteiger partial charge is 0.379 e. The average Bonchev–Trinajstić information content (AvgIpc) is 2.53. The molecule has 6 nitrogen and oxygen atoms in total. The van der Waals surface area contributed by atoms with Gasteiger partial charge in [-0.25, -0.2) is 9.97 Å². The molecular formula is C18H30N4O2. The number of aromatic nitrogens is 2. The number of nitrogens with zero attached hydrogens (tertiary/aromatic N) is 3. The molecule has 1 aliphatic rings. The highest BCUT2D eigenvalue weighted by Crippen LogP contribution is 2.21. The van der Waals surface area contributed by atoms with Gasteiger partial charge >= 0.3 is 0 Å². The van der Waals surface area contributed by atoms with E-state index in [0.717, 1.165) is 49.7 Å². The van der Waals surface area contributed by atoms with Gasteiger partial charge in [0.25, 0.3) is 0 Å². The molecule has 0 unspecified atom stereocenters. The Morgan fingerprint density at radius 2 is 1.92 bits per heavy atom. The van der Waals surface area contributed by atoms with Crippen LogP contribution >= 0.6 is 0 Å². The van der Waals surface area contributed by atoms with Crippen molar-refractivity contribution >= 4 is 11.9 Å². The Kier molecular flexibility index (Phi) is 6.97. The first-order valence-corrected chi connectivity index (χ1v) is 8.92. The van der Waals surface area contributed by atoms with Gasteiger partial charge in [0.05, 0.1) is 6.10 Å². The van der Waals surface area contributed by atoms with Crippen molar-refractivity contribution in [3.05, 3.63) is 17.5 Å². The minimum absolute atomic E-state index is 0.0955. The van der Waals surface area contributed by atoms with Crippen molar-refractivity contribution in [3.63, 3.8) is 0 Å². The molecule has 24 heavy (non-hydrogen) atoms. The van der Waals surface area contributed by atoms with Crippen LogP contribution in [-0.2, 0) is 9.53 Å². The van der Waals surface area contributed by atoms with Gasteiger partial charge < -0.3 is 15.0 Å². The summed E-state index contributed by atoms with van der Waals surface area (Å²) in [7, 11) is 0. The highest BCUT2D eigenvalue weighted by atomic mass is 16.5. The summed E-state index contributed by atoms with van der Waals surface area (Å²) < 4.78 is 5.48. The maximum Gasteiger partial charge on any atom is 0.225 e. The number of carbonyl (C=O) groups excluding carboxylic acids is 1. The van der Waals surface area contributed by atoms with E-state index in [4.69, 9.17) is 4.74 Å². The van der Waals surface area contributed by atoms with Gasteiger partial charge in [-0.3, -0.25) is 4.79 Å². The molecule has 1 saturated heterocycles. The number of carbonyl (C=O) groups is 1. The Labute approximate surface area is 145 Å². The number of ether oxygens (including phenoxy) is 1. The van der Waals surface area contributed by atoms with Crippen LogP contribution in [-0.4, -0.2) is 48.2 Å². The van der Waals surface area contributed by atoms with Gasteiger partial charge in [0.15, 0.2) is 0 Å². The third kappa shape index (κ3) is 5.74. The number of hydrogen-bond donors (Lipinski definition) is 1. The number of nitrogens with one attached hydrogen (secondary N) is 1. The van der Waals surface area contributed by atoms with Crippen LogP contribution in [0.25, 0.3) is 0 Å². The molecule has 1 aromatic heterocycles. The molecule has 1 fully saturated rings. The number of aryl methyl sites for hydroxylation is 2. The first kappa shape index (κ1) is 18.6. The van der Waals surface area contributed by atoms with Gasteiger partial charge in [-0.1, -0.05) is 0 Å². The molecule has 0 radical (unpaired) electrons. The lowest BCUT2D eigenvalue weighted by atomic mass is 9.96. The number of piperidine rings is 1. The van der Waals surface area contributed by atoms with Gasteiger partial charge in [0.1, 0.15) is 0 Å². The molecule has 0 aliphatic carbocycles. The van der Waals surface area contributed by atoms with Crippen molar-refractivity contribution in [2.24, 2.45) is 5.92 Å². The second kappa shape index (κ2) is 8.97. The molecule has 0 atom stereocenters. The fourth-order valence-corrected chi connectivity index (χ4v) is 2.94. The molecule has 1 amide bonds. The Bertz CT molecular complexity index is 520. The minimum Gasteiger partial charge on any atom is -0.379 e. The Morgan fingerprint density at radius 1 is 1.29 bits per heavy atom. The van der Waals surface area contributed by atoms with E-state index in [-0.39, 0.29) is 17.9 Å². The van der Waals surface area contributed by atoms with Crippen molar-refractivity contribution < 1.29 is 9.53 Å². The summed E-state index contributed by atoms with van der Waals surface area (Å²) in [6.45, 7) is 11.1. The van der Waals surface area contributed by atoms with Crippen LogP contribution in [0.15, 0.2) is 6.07 Å². The van der Waals surface area contributed by atoms with E-state index < -0.39 is 0 Å². The first-order valence-electron chi connectivity index (χ1n) is 8.92. The zero-order valence-electron chi connectivity index (χ0n) is 15.3. The zero-order chi connectivity index (χ0) is 17.5. The van der Waals surface area contributed by atoms with Gasteiger partial charge in [-0.05, 0) is 53.0 Å². The van der Waals surface area contributed by atoms with E-state index in [9.17, 15) is 4.79 Å². The highest BCUT2D eigenvalue weighted by molar-refractivity contribution is 5.78. The van der Waals surface area contributed by atoms with Crippen molar-refractivity contribution in [3.8, 4) is 0 Å². The van der Waals surface area contributed by atoms with Crippen LogP contribution in [0.1, 0.15) is 44.5 Å². The summed E-state index contributed by atoms with van der Waals surface area (Å²) in [6, 6.07) is 1.98. The van der Waals surface area contributed by atoms with Crippen LogP contribution in [0, 0.1) is 19.8 Å². The van der Waals surface area contributed by atoms with Crippen molar-refractivity contribution in [1.29, 1.82) is 0 Å². The van der Waals surface area contributed by atoms with Gasteiger partial charge in [-0.2, -0.15) is 0 Å². The molecule has 134 valence electrons. The maximum absolute atomic E-state index is 12.2. The molecule has 2 heterocycles. The number of anilines is 1. The van der Waals surface area contributed by atoms with Crippen LogP contribution in [0.3, 0.4) is 0 Å². The molecule has 1 aromatic rings. The molecule has 1 aliphatic heterocycles. The summed E-state index contributed by atoms with van der Waals surface area (Å²) in [5, 5.41) is 3.03. The molecule has 2 rings (SSSR count). The molecule has 1 N–H and O–H groups in total. The first-order chi connectivity index (χ1) is 11.5. The topological polar surface area (TPSA) is 67.4 Å². The number of rotatable bonds is 7. The van der Waals surface area contributed by atoms with E-state index in [1.807, 2.05) is 33.8 Å². The molecule has 0 aromatic carbocycles. The SMILES string of the molecule is Cc1cc(C)nc(N2CCC(C(=O)NCCCOC(C)C)CC2)n1. The van der Waals surface area contributed by atoms with Crippen LogP contribution in [0.4, 0.5) is 5.95 Å². The number of amides is 1. The predicted molar refractivity (Wildman–Crippen MR) is 95.2 cm³/mol. The van der Waals surface area contributed by atoms with Gasteiger partial charge in [0, 0.05) is 43.5 Å². The Morgan fingerprint density at radius 3 is 2.50 bits per heavy atom. The van der Waals surface area contributed by atoms with Crippen molar-refractivity contribution in [1.82, 2.24) is 15.3 Å². The highest BCUT2D eigenvalue weighted by Gasteiger charge is 2.26. The van der Waals surface area contributed by atoms with E-state index >= 15 is 0 Å². The number of hydrogen-bond acceptors (Lipinski definition) is 5. The second-order valence-corrected chi connectivity index (χ2v) is 6.78. The molecular weight excluding hydrogens is 304 g/mol. The van der Waals surface area contributed by atoms with Crippen LogP contribution in [0.2, 0.25) is 0 Å². The maximum atomic E-state index is 12.2. The third-order valence-corrected chi connectivity index (χ3v) is 4.19. The lowest BCUT2D eigenvalue weighted by Crippen LogP contribution is -2.41. The average molecular weight is 334 g/mol. The Hall–Kier alpha value is -1.69. The molecule has 0 saturated carbocycles. The van der Waals surface area contributed by atoms with E-state index in [0.29, 0.717) is 13.2 Å². The third-order valence-electron chi connectivity index (χ3n) is 4.19. The summed E-state index contributed by atoms with van der Waals surface area (Å²) in [5.74, 6) is 1.05. The van der Waals surface area contributed by atoms with Crippen molar-refractivity contribution in [2.45, 2.75) is 53.1 Å².